The molecule has 1 aromatic heterocycles. The van der Waals surface area contributed by atoms with Gasteiger partial charge in [-0.3, -0.25) is 15.2 Å². The number of nitrogens with one attached hydrogen (secondary N) is 2. The molecule has 0 radical (unpaired) electrons. The van der Waals surface area contributed by atoms with Gasteiger partial charge in [-0.2, -0.15) is 10.4 Å². The molecule has 1 aliphatic heterocycles. The van der Waals surface area contributed by atoms with Crippen LogP contribution in [0.25, 0.3) is 16.6 Å². The van der Waals surface area contributed by atoms with Gasteiger partial charge in [0.05, 0.1) is 45.2 Å². The summed E-state index contributed by atoms with van der Waals surface area (Å²) in [5, 5.41) is 32.0. The number of halogens is 1. The fourth-order valence-corrected chi connectivity index (χ4v) is 3.92. The Kier molecular flexibility index (Phi) is 4.66. The van der Waals surface area contributed by atoms with Gasteiger partial charge in [0.1, 0.15) is 5.52 Å². The number of nitro groups is 1. The Labute approximate surface area is 186 Å². The van der Waals surface area contributed by atoms with Gasteiger partial charge in [-0.25, -0.2) is 4.99 Å². The van der Waals surface area contributed by atoms with Crippen LogP contribution in [0.4, 0.5) is 11.4 Å². The molecule has 9 heteroatoms. The first-order valence-corrected chi connectivity index (χ1v) is 9.90. The highest BCUT2D eigenvalue weighted by Crippen LogP contribution is 2.38. The number of hydrogen-bond acceptors (Lipinski definition) is 6. The highest BCUT2D eigenvalue weighted by atomic mass is 35.5. The Hall–Kier alpha value is -4.48. The van der Waals surface area contributed by atoms with E-state index in [0.717, 1.165) is 0 Å². The van der Waals surface area contributed by atoms with Crippen molar-refractivity contribution >= 4 is 45.3 Å². The van der Waals surface area contributed by atoms with E-state index in [1.807, 2.05) is 18.2 Å². The van der Waals surface area contributed by atoms with Crippen molar-refractivity contribution in [2.45, 2.75) is 0 Å². The summed E-state index contributed by atoms with van der Waals surface area (Å²) in [4.78, 5) is 16.2. The summed E-state index contributed by atoms with van der Waals surface area (Å²) in [7, 11) is 0. The second-order valence-electron chi connectivity index (χ2n) is 7.04. The van der Waals surface area contributed by atoms with Crippen molar-refractivity contribution in [1.82, 2.24) is 10.2 Å². The number of hydrogen-bond donors (Lipinski definition) is 2. The van der Waals surface area contributed by atoms with Crippen molar-refractivity contribution in [1.29, 1.82) is 5.26 Å². The van der Waals surface area contributed by atoms with Crippen LogP contribution in [-0.2, 0) is 0 Å². The van der Waals surface area contributed by atoms with Crippen LogP contribution in [0.1, 0.15) is 22.3 Å². The first-order valence-electron chi connectivity index (χ1n) is 9.52. The third-order valence-corrected chi connectivity index (χ3v) is 5.50. The molecule has 1 aliphatic rings. The summed E-state index contributed by atoms with van der Waals surface area (Å²) in [5.74, 6) is 0. The number of aromatic nitrogens is 2. The van der Waals surface area contributed by atoms with Gasteiger partial charge in [-0.15, -0.1) is 0 Å². The zero-order valence-electron chi connectivity index (χ0n) is 16.3. The molecule has 8 nitrogen and oxygen atoms in total. The molecule has 3 aromatic carbocycles. The lowest BCUT2D eigenvalue weighted by molar-refractivity contribution is -0.383. The number of non-ortho nitro benzene ring substituents is 1. The number of nitrogens with zero attached hydrogens (tertiary/aromatic N) is 4. The van der Waals surface area contributed by atoms with Crippen LogP contribution in [-0.4, -0.2) is 20.8 Å². The molecule has 0 saturated carbocycles. The third-order valence-electron chi connectivity index (χ3n) is 5.17. The van der Waals surface area contributed by atoms with Gasteiger partial charge in [-0.05, 0) is 18.2 Å². The Bertz CT molecular complexity index is 1510. The number of aliphatic imine (C=N–C) groups is 1. The molecule has 5 rings (SSSR count). The van der Waals surface area contributed by atoms with E-state index >= 15 is 0 Å². The van der Waals surface area contributed by atoms with Crippen molar-refractivity contribution in [3.63, 3.8) is 0 Å². The van der Waals surface area contributed by atoms with Gasteiger partial charge in [0.15, 0.2) is 0 Å². The number of nitriles is 1. The fourth-order valence-electron chi connectivity index (χ4n) is 3.69. The van der Waals surface area contributed by atoms with Gasteiger partial charge in [-0.1, -0.05) is 41.9 Å². The van der Waals surface area contributed by atoms with Gasteiger partial charge in [0.2, 0.25) is 0 Å². The molecule has 0 saturated heterocycles. The molecule has 4 aromatic rings. The summed E-state index contributed by atoms with van der Waals surface area (Å²) < 4.78 is 0. The number of rotatable bonds is 3. The maximum Gasteiger partial charge on any atom is 0.295 e. The van der Waals surface area contributed by atoms with E-state index in [4.69, 9.17) is 16.6 Å². The molecule has 32 heavy (non-hydrogen) atoms. The molecule has 0 fully saturated rings. The molecule has 2 heterocycles. The average Bonchev–Trinajstić information content (AvgIpc) is 3.21. The number of anilines is 1. The minimum absolute atomic E-state index is 0.118. The molecule has 2 N–H and O–H groups in total. The molecule has 0 spiro atoms. The van der Waals surface area contributed by atoms with E-state index in [1.165, 1.54) is 12.3 Å². The number of H-pyrrole nitrogens is 1. The monoisotopic (exact) mass is 440 g/mol. The summed E-state index contributed by atoms with van der Waals surface area (Å²) >= 11 is 6.50. The normalized spacial score (nSPS) is 12.8. The maximum absolute atomic E-state index is 11.8. The number of fused-ring (bicyclic) bond motifs is 3. The fraction of sp³-hybridized carbons (Fsp3) is 0. The largest absolute Gasteiger partial charge is 0.359 e. The van der Waals surface area contributed by atoms with Crippen LogP contribution < -0.4 is 5.32 Å². The molecular formula is C23H13ClN6O2. The third kappa shape index (κ3) is 3.17. The molecular weight excluding hydrogens is 428 g/mol. The van der Waals surface area contributed by atoms with Crippen molar-refractivity contribution in [3.8, 4) is 6.07 Å². The van der Waals surface area contributed by atoms with Gasteiger partial charge in [0.25, 0.3) is 5.69 Å². The average molecular weight is 441 g/mol. The highest BCUT2D eigenvalue weighted by Gasteiger charge is 2.26. The number of aromatic amines is 1. The summed E-state index contributed by atoms with van der Waals surface area (Å²) in [6.45, 7) is 0. The Balaban J connectivity index is 1.83. The predicted molar refractivity (Wildman–Crippen MR) is 123 cm³/mol. The van der Waals surface area contributed by atoms with Crippen molar-refractivity contribution in [2.75, 3.05) is 5.32 Å². The molecule has 0 bridgehead atoms. The van der Waals surface area contributed by atoms with Crippen LogP contribution in [0.3, 0.4) is 0 Å². The zero-order valence-corrected chi connectivity index (χ0v) is 17.1. The Morgan fingerprint density at radius 3 is 2.72 bits per heavy atom. The number of nitro benzene ring substituents is 1. The SMILES string of the molecule is N#Cc1cccc(C2=CNc3c(cc([N+](=O)[O-])c4[nH]ncc34)C(c3ccccc3Cl)=N2)c1. The predicted octanol–water partition coefficient (Wildman–Crippen LogP) is 5.26. The van der Waals surface area contributed by atoms with E-state index < -0.39 is 4.92 Å². The smallest absolute Gasteiger partial charge is 0.295 e. The Morgan fingerprint density at radius 1 is 1.09 bits per heavy atom. The molecule has 154 valence electrons. The van der Waals surface area contributed by atoms with E-state index in [-0.39, 0.29) is 5.69 Å². The van der Waals surface area contributed by atoms with Crippen molar-refractivity contribution in [2.24, 2.45) is 4.99 Å². The lowest BCUT2D eigenvalue weighted by atomic mass is 9.97. The van der Waals surface area contributed by atoms with E-state index in [0.29, 0.717) is 55.3 Å². The number of benzene rings is 3. The van der Waals surface area contributed by atoms with Crippen LogP contribution in [0.5, 0.6) is 0 Å². The van der Waals surface area contributed by atoms with E-state index in [9.17, 15) is 15.4 Å². The van der Waals surface area contributed by atoms with Crippen molar-refractivity contribution < 1.29 is 4.92 Å². The first kappa shape index (κ1) is 19.5. The summed E-state index contributed by atoms with van der Waals surface area (Å²) in [5.41, 5.74) is 4.17. The Morgan fingerprint density at radius 2 is 1.94 bits per heavy atom. The quantitative estimate of drug-likeness (QED) is 0.332. The molecule has 0 atom stereocenters. The van der Waals surface area contributed by atoms with E-state index in [1.54, 1.807) is 36.5 Å². The van der Waals surface area contributed by atoms with Crippen LogP contribution >= 0.6 is 11.6 Å². The molecule has 0 unspecified atom stereocenters. The molecule has 0 amide bonds. The second kappa shape index (κ2) is 7.65. The minimum Gasteiger partial charge on any atom is -0.359 e. The summed E-state index contributed by atoms with van der Waals surface area (Å²) in [6.07, 6.45) is 3.24. The lowest BCUT2D eigenvalue weighted by Gasteiger charge is -2.13. The van der Waals surface area contributed by atoms with Crippen molar-refractivity contribution in [3.05, 3.63) is 104 Å². The standard InChI is InChI=1S/C23H13ClN6O2/c24-18-7-2-1-6-15(18)22-16-9-20(30(31)32)23-17(11-27-29-23)21(16)26-12-19(28-22)14-5-3-4-13(8-14)10-25/h1-9,11-12,26H,(H,27,29). The zero-order chi connectivity index (χ0) is 22.2. The topological polar surface area (TPSA) is 120 Å². The van der Waals surface area contributed by atoms with Crippen LogP contribution in [0.2, 0.25) is 5.02 Å². The second-order valence-corrected chi connectivity index (χ2v) is 7.45. The summed E-state index contributed by atoms with van der Waals surface area (Å²) in [6, 6.07) is 17.8. The first-order chi connectivity index (χ1) is 15.6. The molecule has 0 aliphatic carbocycles. The van der Waals surface area contributed by atoms with Crippen LogP contribution in [0, 0.1) is 21.4 Å². The van der Waals surface area contributed by atoms with Gasteiger partial charge >= 0.3 is 0 Å². The lowest BCUT2D eigenvalue weighted by Crippen LogP contribution is -2.07. The highest BCUT2D eigenvalue weighted by molar-refractivity contribution is 6.36. The van der Waals surface area contributed by atoms with Gasteiger partial charge in [0, 0.05) is 34.0 Å². The minimum atomic E-state index is -0.458. The van der Waals surface area contributed by atoms with E-state index in [2.05, 4.69) is 21.6 Å². The van der Waals surface area contributed by atoms with Gasteiger partial charge < -0.3 is 5.32 Å². The maximum atomic E-state index is 11.8. The van der Waals surface area contributed by atoms with Crippen LogP contribution in [0.15, 0.2) is 72.0 Å².